The molecule has 3 aromatic rings. The van der Waals surface area contributed by atoms with Crippen LogP contribution in [-0.2, 0) is 11.2 Å². The molecule has 0 spiro atoms. The van der Waals surface area contributed by atoms with Crippen LogP contribution in [0.15, 0.2) is 47.5 Å². The van der Waals surface area contributed by atoms with Crippen LogP contribution in [0.2, 0.25) is 0 Å². The number of hydrogen-bond acceptors (Lipinski definition) is 6. The number of aryl methyl sites for hydroxylation is 1. The quantitative estimate of drug-likeness (QED) is 0.521. The molecule has 30 heavy (non-hydrogen) atoms. The fraction of sp³-hybridized carbons (Fsp3) is 0.304. The van der Waals surface area contributed by atoms with E-state index in [4.69, 9.17) is 14.2 Å². The van der Waals surface area contributed by atoms with Gasteiger partial charge in [0.05, 0.1) is 32.6 Å². The molecule has 0 aliphatic rings. The van der Waals surface area contributed by atoms with Gasteiger partial charge in [-0.3, -0.25) is 4.79 Å². The summed E-state index contributed by atoms with van der Waals surface area (Å²) in [6.07, 6.45) is 0.714. The number of nitrogens with zero attached hydrogens (tertiary/aromatic N) is 1. The van der Waals surface area contributed by atoms with Gasteiger partial charge < -0.3 is 19.5 Å². The SMILES string of the molecule is COc1ccc2nc(SCC(=O)NCCc3ccc(OC)c(OC)c3)c(C)cc2c1. The number of amides is 1. The number of nitrogens with one attached hydrogen (secondary N) is 1. The third-order valence-corrected chi connectivity index (χ3v) is 5.78. The number of carbonyl (C=O) groups is 1. The van der Waals surface area contributed by atoms with Crippen molar-refractivity contribution in [3.63, 3.8) is 0 Å². The number of ether oxygens (including phenoxy) is 3. The van der Waals surface area contributed by atoms with Crippen LogP contribution in [0.1, 0.15) is 11.1 Å². The van der Waals surface area contributed by atoms with Crippen LogP contribution in [0.4, 0.5) is 0 Å². The van der Waals surface area contributed by atoms with E-state index in [1.54, 1.807) is 21.3 Å². The Hall–Kier alpha value is -2.93. The van der Waals surface area contributed by atoms with E-state index in [2.05, 4.69) is 16.4 Å². The van der Waals surface area contributed by atoms with E-state index in [9.17, 15) is 4.79 Å². The molecule has 0 fully saturated rings. The number of hydrogen-bond donors (Lipinski definition) is 1. The molecule has 0 bridgehead atoms. The van der Waals surface area contributed by atoms with E-state index >= 15 is 0 Å². The van der Waals surface area contributed by atoms with Gasteiger partial charge >= 0.3 is 0 Å². The lowest BCUT2D eigenvalue weighted by atomic mass is 10.1. The molecule has 0 radical (unpaired) electrons. The van der Waals surface area contributed by atoms with Crippen molar-refractivity contribution in [1.29, 1.82) is 0 Å². The molecular formula is C23H26N2O4S. The number of benzene rings is 2. The monoisotopic (exact) mass is 426 g/mol. The first-order valence-electron chi connectivity index (χ1n) is 9.60. The average Bonchev–Trinajstić information content (AvgIpc) is 2.77. The van der Waals surface area contributed by atoms with Crippen molar-refractivity contribution in [1.82, 2.24) is 10.3 Å². The Balaban J connectivity index is 1.53. The molecule has 7 heteroatoms. The number of methoxy groups -OCH3 is 3. The first-order valence-corrected chi connectivity index (χ1v) is 10.6. The highest BCUT2D eigenvalue weighted by Crippen LogP contribution is 2.28. The van der Waals surface area contributed by atoms with Crippen molar-refractivity contribution in [3.8, 4) is 17.2 Å². The van der Waals surface area contributed by atoms with Crippen LogP contribution >= 0.6 is 11.8 Å². The van der Waals surface area contributed by atoms with Crippen LogP contribution in [0.25, 0.3) is 10.9 Å². The van der Waals surface area contributed by atoms with Gasteiger partial charge in [-0.25, -0.2) is 4.98 Å². The Bertz CT molecular complexity index is 1040. The smallest absolute Gasteiger partial charge is 0.230 e. The van der Waals surface area contributed by atoms with Crippen molar-refractivity contribution >= 4 is 28.6 Å². The van der Waals surface area contributed by atoms with Crippen LogP contribution in [0.3, 0.4) is 0 Å². The Kier molecular flexibility index (Phi) is 7.41. The number of thioether (sulfide) groups is 1. The van der Waals surface area contributed by atoms with Crippen molar-refractivity contribution in [2.75, 3.05) is 33.6 Å². The molecule has 0 saturated heterocycles. The topological polar surface area (TPSA) is 69.7 Å². The average molecular weight is 427 g/mol. The first kappa shape index (κ1) is 21.8. The van der Waals surface area contributed by atoms with Crippen LogP contribution in [-0.4, -0.2) is 44.5 Å². The molecule has 1 amide bonds. The van der Waals surface area contributed by atoms with Gasteiger partial charge in [-0.1, -0.05) is 17.8 Å². The number of aromatic nitrogens is 1. The summed E-state index contributed by atoms with van der Waals surface area (Å²) in [4.78, 5) is 17.0. The van der Waals surface area contributed by atoms with Gasteiger partial charge in [0.25, 0.3) is 0 Å². The highest BCUT2D eigenvalue weighted by atomic mass is 32.2. The van der Waals surface area contributed by atoms with Gasteiger partial charge in [-0.2, -0.15) is 0 Å². The second-order valence-corrected chi connectivity index (χ2v) is 7.71. The summed E-state index contributed by atoms with van der Waals surface area (Å²) in [6.45, 7) is 2.56. The lowest BCUT2D eigenvalue weighted by molar-refractivity contribution is -0.118. The zero-order valence-electron chi connectivity index (χ0n) is 17.7. The number of rotatable bonds is 9. The number of fused-ring (bicyclic) bond motifs is 1. The van der Waals surface area contributed by atoms with E-state index in [0.717, 1.165) is 32.8 Å². The second kappa shape index (κ2) is 10.2. The normalized spacial score (nSPS) is 10.7. The third-order valence-electron chi connectivity index (χ3n) is 4.69. The Labute approximate surface area is 180 Å². The summed E-state index contributed by atoms with van der Waals surface area (Å²) in [5.41, 5.74) is 3.00. The van der Waals surface area contributed by atoms with E-state index in [1.807, 2.05) is 43.3 Å². The van der Waals surface area contributed by atoms with Gasteiger partial charge in [0.2, 0.25) is 5.91 Å². The van der Waals surface area contributed by atoms with Gasteiger partial charge in [0, 0.05) is 11.9 Å². The minimum atomic E-state index is -0.0171. The fourth-order valence-corrected chi connectivity index (χ4v) is 3.90. The van der Waals surface area contributed by atoms with Crippen molar-refractivity contribution < 1.29 is 19.0 Å². The highest BCUT2D eigenvalue weighted by Gasteiger charge is 2.09. The second-order valence-electron chi connectivity index (χ2n) is 6.75. The first-order chi connectivity index (χ1) is 14.5. The van der Waals surface area contributed by atoms with E-state index in [1.165, 1.54) is 11.8 Å². The van der Waals surface area contributed by atoms with E-state index in [0.29, 0.717) is 30.2 Å². The van der Waals surface area contributed by atoms with Gasteiger partial charge in [-0.15, -0.1) is 0 Å². The molecule has 0 aliphatic carbocycles. The minimum Gasteiger partial charge on any atom is -0.497 e. The molecular weight excluding hydrogens is 400 g/mol. The molecule has 0 atom stereocenters. The molecule has 6 nitrogen and oxygen atoms in total. The molecule has 0 saturated carbocycles. The maximum absolute atomic E-state index is 12.3. The zero-order chi connectivity index (χ0) is 21.5. The molecule has 0 aliphatic heterocycles. The summed E-state index contributed by atoms with van der Waals surface area (Å²) >= 11 is 1.45. The van der Waals surface area contributed by atoms with Crippen molar-refractivity contribution in [2.45, 2.75) is 18.4 Å². The lowest BCUT2D eigenvalue weighted by Gasteiger charge is -2.10. The summed E-state index contributed by atoms with van der Waals surface area (Å²) in [5, 5.41) is 4.85. The van der Waals surface area contributed by atoms with Gasteiger partial charge in [-0.05, 0) is 60.9 Å². The maximum Gasteiger partial charge on any atom is 0.230 e. The summed E-state index contributed by atoms with van der Waals surface area (Å²) in [5.74, 6) is 2.49. The molecule has 0 unspecified atom stereocenters. The number of pyridine rings is 1. The zero-order valence-corrected chi connectivity index (χ0v) is 18.5. The van der Waals surface area contributed by atoms with Gasteiger partial charge in [0.15, 0.2) is 11.5 Å². The van der Waals surface area contributed by atoms with Crippen LogP contribution in [0, 0.1) is 6.92 Å². The number of carbonyl (C=O) groups excluding carboxylic acids is 1. The Morgan fingerprint density at radius 1 is 1.00 bits per heavy atom. The molecule has 3 rings (SSSR count). The molecule has 2 aromatic carbocycles. The predicted octanol–water partition coefficient (Wildman–Crippen LogP) is 4.02. The highest BCUT2D eigenvalue weighted by molar-refractivity contribution is 7.99. The standard InChI is InChI=1S/C23H26N2O4S/c1-15-11-17-13-18(27-2)6-7-19(17)25-23(15)30-14-22(26)24-10-9-16-5-8-20(28-3)21(12-16)29-4/h5-8,11-13H,9-10,14H2,1-4H3,(H,24,26). The molecule has 1 heterocycles. The van der Waals surface area contributed by atoms with Crippen molar-refractivity contribution in [2.24, 2.45) is 0 Å². The van der Waals surface area contributed by atoms with Gasteiger partial charge in [0.1, 0.15) is 10.8 Å². The summed E-state index contributed by atoms with van der Waals surface area (Å²) < 4.78 is 15.8. The van der Waals surface area contributed by atoms with Crippen LogP contribution < -0.4 is 19.5 Å². The molecule has 1 aromatic heterocycles. The summed E-state index contributed by atoms with van der Waals surface area (Å²) in [7, 11) is 4.87. The van der Waals surface area contributed by atoms with Crippen molar-refractivity contribution in [3.05, 3.63) is 53.6 Å². The largest absolute Gasteiger partial charge is 0.497 e. The van der Waals surface area contributed by atoms with E-state index < -0.39 is 0 Å². The molecule has 1 N–H and O–H groups in total. The molecule has 158 valence electrons. The van der Waals surface area contributed by atoms with Crippen LogP contribution in [0.5, 0.6) is 17.2 Å². The predicted molar refractivity (Wildman–Crippen MR) is 120 cm³/mol. The Morgan fingerprint density at radius 2 is 1.80 bits per heavy atom. The van der Waals surface area contributed by atoms with E-state index in [-0.39, 0.29) is 5.91 Å². The third kappa shape index (κ3) is 5.36. The summed E-state index contributed by atoms with van der Waals surface area (Å²) in [6, 6.07) is 13.6. The maximum atomic E-state index is 12.3. The Morgan fingerprint density at radius 3 is 2.53 bits per heavy atom. The minimum absolute atomic E-state index is 0.0171. The lowest BCUT2D eigenvalue weighted by Crippen LogP contribution is -2.27. The fourth-order valence-electron chi connectivity index (χ4n) is 3.08.